The quantitative estimate of drug-likeness (QED) is 0.112. The summed E-state index contributed by atoms with van der Waals surface area (Å²) in [5.74, 6) is -6.85. The van der Waals surface area contributed by atoms with E-state index in [1.807, 2.05) is 19.9 Å². The van der Waals surface area contributed by atoms with Gasteiger partial charge in [0.05, 0.1) is 86.7 Å². The zero-order chi connectivity index (χ0) is 59.8. The maximum atomic E-state index is 13.3. The van der Waals surface area contributed by atoms with Gasteiger partial charge in [0.25, 0.3) is 0 Å². The van der Waals surface area contributed by atoms with Crippen LogP contribution in [0.15, 0.2) is 109 Å². The summed E-state index contributed by atoms with van der Waals surface area (Å²) in [5, 5.41) is 113. The number of cyclic esters (lactones) is 1. The summed E-state index contributed by atoms with van der Waals surface area (Å²) in [4.78, 5) is 52.4. The fourth-order valence-electron chi connectivity index (χ4n) is 10.2. The summed E-state index contributed by atoms with van der Waals surface area (Å²) in [6.45, 7) is 5.25. The summed E-state index contributed by atoms with van der Waals surface area (Å²) in [6.07, 6.45) is 2.92. The van der Waals surface area contributed by atoms with Gasteiger partial charge in [-0.2, -0.15) is 0 Å². The van der Waals surface area contributed by atoms with Crippen molar-refractivity contribution in [2.75, 3.05) is 19.5 Å². The number of aliphatic hydroxyl groups excluding tert-OH is 9. The highest BCUT2D eigenvalue weighted by Crippen LogP contribution is 2.39. The Morgan fingerprint density at radius 1 is 0.728 bits per heavy atom. The van der Waals surface area contributed by atoms with Gasteiger partial charge in [-0.1, -0.05) is 98.9 Å². The van der Waals surface area contributed by atoms with Crippen LogP contribution in [-0.4, -0.2) is 186 Å². The molecule has 81 heavy (non-hydrogen) atoms. The third-order valence-electron chi connectivity index (χ3n) is 14.6. The molecule has 3 heterocycles. The zero-order valence-corrected chi connectivity index (χ0v) is 47.0. The lowest BCUT2D eigenvalue weighted by molar-refractivity contribution is -0.308. The molecule has 2 fully saturated rings. The molecule has 19 unspecified atom stereocenters. The summed E-state index contributed by atoms with van der Waals surface area (Å²) in [7, 11) is 2.88. The fraction of sp³-hybridized carbons (Fsp3) is 0.600. The van der Waals surface area contributed by atoms with Crippen molar-refractivity contribution in [1.29, 1.82) is 0 Å². The maximum absolute atomic E-state index is 13.3. The van der Waals surface area contributed by atoms with E-state index in [0.717, 1.165) is 12.8 Å². The summed E-state index contributed by atoms with van der Waals surface area (Å²) < 4.78 is 28.9. The number of hydrogen-bond donors (Lipinski definition) is 12. The monoisotopic (exact) mass is 1140 g/mol. The van der Waals surface area contributed by atoms with Gasteiger partial charge in [-0.25, -0.2) is 0 Å². The number of aliphatic hydroxyl groups is 10. The number of anilines is 1. The third-order valence-corrected chi connectivity index (χ3v) is 14.6. The molecule has 0 radical (unpaired) electrons. The van der Waals surface area contributed by atoms with Crippen LogP contribution in [0.5, 0.6) is 0 Å². The lowest BCUT2D eigenvalue weighted by Crippen LogP contribution is -2.61. The smallest absolute Gasteiger partial charge is 0.313 e. The molecular formula is C60H88N2O19. The fourth-order valence-corrected chi connectivity index (χ4v) is 10.2. The number of methoxy groups -OCH3 is 1. The molecular weight excluding hydrogens is 1050 g/mol. The van der Waals surface area contributed by atoms with E-state index in [0.29, 0.717) is 12.0 Å². The van der Waals surface area contributed by atoms with Crippen molar-refractivity contribution in [1.82, 2.24) is 0 Å². The minimum atomic E-state index is -2.29. The average molecular weight is 1140 g/mol. The van der Waals surface area contributed by atoms with Crippen LogP contribution in [0.25, 0.3) is 0 Å². The van der Waals surface area contributed by atoms with E-state index in [1.54, 1.807) is 117 Å². The van der Waals surface area contributed by atoms with E-state index >= 15 is 0 Å². The Morgan fingerprint density at radius 2 is 1.28 bits per heavy atom. The van der Waals surface area contributed by atoms with Crippen LogP contribution >= 0.6 is 0 Å². The van der Waals surface area contributed by atoms with Gasteiger partial charge >= 0.3 is 11.9 Å². The Bertz CT molecular complexity index is 2320. The number of ether oxygens (including phenoxy) is 5. The maximum Gasteiger partial charge on any atom is 0.313 e. The Balaban J connectivity index is 1.55. The Labute approximate surface area is 474 Å². The molecule has 19 atom stereocenters. The predicted molar refractivity (Wildman–Crippen MR) is 299 cm³/mol. The molecule has 2 saturated heterocycles. The normalized spacial score (nSPS) is 34.9. The first-order chi connectivity index (χ1) is 38.4. The molecule has 1 aromatic rings. The van der Waals surface area contributed by atoms with Crippen molar-refractivity contribution < 1.29 is 93.9 Å². The largest absolute Gasteiger partial charge is 0.469 e. The lowest BCUT2D eigenvalue weighted by atomic mass is 9.82. The van der Waals surface area contributed by atoms with Gasteiger partial charge in [0, 0.05) is 62.7 Å². The van der Waals surface area contributed by atoms with Crippen LogP contribution in [0, 0.1) is 17.8 Å². The van der Waals surface area contributed by atoms with Gasteiger partial charge in [-0.3, -0.25) is 19.2 Å². The average Bonchev–Trinajstić information content (AvgIpc) is 3.43. The van der Waals surface area contributed by atoms with E-state index in [1.165, 1.54) is 0 Å². The second kappa shape index (κ2) is 34.5. The van der Waals surface area contributed by atoms with Crippen LogP contribution in [0.4, 0.5) is 5.69 Å². The molecule has 2 bridgehead atoms. The number of hydrogen-bond acceptors (Lipinski definition) is 21. The number of Topliss-reactive ketones (excluding diaryl/α,β-unsaturated/α-hetero) is 2. The number of nitrogens with one attached hydrogen (secondary N) is 1. The van der Waals surface area contributed by atoms with Crippen molar-refractivity contribution in [2.45, 2.75) is 195 Å². The van der Waals surface area contributed by atoms with Crippen LogP contribution < -0.4 is 11.1 Å². The van der Waals surface area contributed by atoms with E-state index in [9.17, 15) is 70.2 Å². The Kier molecular flexibility index (Phi) is 29.1. The first-order valence-electron chi connectivity index (χ1n) is 27.8. The second-order valence-corrected chi connectivity index (χ2v) is 21.6. The Hall–Kier alpha value is -5.08. The van der Waals surface area contributed by atoms with Crippen LogP contribution in [0.2, 0.25) is 0 Å². The highest BCUT2D eigenvalue weighted by molar-refractivity contribution is 5.96. The van der Waals surface area contributed by atoms with Crippen molar-refractivity contribution in [3.05, 3.63) is 115 Å². The van der Waals surface area contributed by atoms with E-state index in [-0.39, 0.29) is 49.7 Å². The molecule has 21 heteroatoms. The second-order valence-electron chi connectivity index (χ2n) is 21.6. The molecule has 0 amide bonds. The number of esters is 2. The number of carbonyl (C=O) groups excluding carboxylic acids is 4. The van der Waals surface area contributed by atoms with Crippen molar-refractivity contribution in [3.63, 3.8) is 0 Å². The zero-order valence-electron chi connectivity index (χ0n) is 47.0. The molecule has 452 valence electrons. The number of rotatable bonds is 11. The molecule has 21 nitrogen and oxygen atoms in total. The number of ketones is 2. The van der Waals surface area contributed by atoms with Gasteiger partial charge in [0.2, 0.25) is 0 Å². The molecule has 4 rings (SSSR count). The predicted octanol–water partition coefficient (Wildman–Crippen LogP) is 2.83. The molecule has 0 aromatic heterocycles. The first kappa shape index (κ1) is 68.4. The van der Waals surface area contributed by atoms with Crippen LogP contribution in [0.3, 0.4) is 0 Å². The molecule has 0 saturated carbocycles. The number of carbonyl (C=O) groups is 4. The summed E-state index contributed by atoms with van der Waals surface area (Å²) >= 11 is 0. The van der Waals surface area contributed by atoms with Crippen LogP contribution in [-0.2, 0) is 38.1 Å². The first-order valence-corrected chi connectivity index (χ1v) is 27.8. The van der Waals surface area contributed by atoms with Gasteiger partial charge < -0.3 is 85.8 Å². The minimum absolute atomic E-state index is 0.103. The van der Waals surface area contributed by atoms with E-state index < -0.39 is 160 Å². The molecule has 3 aliphatic rings. The number of benzene rings is 1. The minimum Gasteiger partial charge on any atom is -0.469 e. The number of allylic oxidation sites excluding steroid dienone is 12. The van der Waals surface area contributed by atoms with Crippen molar-refractivity contribution in [3.8, 4) is 0 Å². The van der Waals surface area contributed by atoms with Gasteiger partial charge in [0.1, 0.15) is 23.9 Å². The van der Waals surface area contributed by atoms with Gasteiger partial charge in [0.15, 0.2) is 17.9 Å². The molecule has 0 spiro atoms. The molecule has 0 aliphatic carbocycles. The molecule has 3 aliphatic heterocycles. The number of nitrogens with two attached hydrogens (primary N) is 1. The van der Waals surface area contributed by atoms with Gasteiger partial charge in [-0.15, -0.1) is 0 Å². The Morgan fingerprint density at radius 3 is 1.88 bits per heavy atom. The highest BCUT2D eigenvalue weighted by Gasteiger charge is 2.51. The summed E-state index contributed by atoms with van der Waals surface area (Å²) in [5.41, 5.74) is 7.39. The van der Waals surface area contributed by atoms with Crippen molar-refractivity contribution in [2.24, 2.45) is 23.5 Å². The molecule has 13 N–H and O–H groups in total. The van der Waals surface area contributed by atoms with E-state index in [4.69, 9.17) is 29.4 Å². The topological polar surface area (TPSA) is 355 Å². The third kappa shape index (κ3) is 23.6. The molecule has 1 aromatic carbocycles. The lowest BCUT2D eigenvalue weighted by Gasteiger charge is -2.45. The summed E-state index contributed by atoms with van der Waals surface area (Å²) in [6, 6.07) is 5.77. The highest BCUT2D eigenvalue weighted by atomic mass is 16.7. The van der Waals surface area contributed by atoms with E-state index in [2.05, 4.69) is 5.32 Å². The van der Waals surface area contributed by atoms with Crippen molar-refractivity contribution >= 4 is 29.2 Å². The SMILES string of the molecule is CNc1ccc(C(=O)CC(O)CCC(C)C2OC(=O)CC(O)CC(=O)CC(O)CC(O)CC(O)CC(O)CC3(O)CC(O)C(C(=O)OC)C(CC(OC4OC(C)C(O)C(N)C4O)C=CC=CC=CC=CC=CC=CC=CC2C)O3)cc1. The standard InChI is InChI=1S/C60H88N2O19/c1-36-18-16-14-12-10-8-6-7-9-11-13-15-17-19-48(79-59-56(74)54(61)55(73)38(3)78-59)33-51-53(58(75)77-5)50(71)35-60(76,81-51)34-47(69)30-45(67)28-43(65)26-42(64)27-44(66)29-46(68)32-52(72)80-57(36)37(2)20-25-41(63)31-49(70)39-21-23-40(62-4)24-22-39/h6-19,21-24,36-38,41-43,45-48,50-51,53-57,59,62-65,67-69,71,73-74,76H,20,25-35,61H2,1-5H3. The van der Waals surface area contributed by atoms with Gasteiger partial charge in [-0.05, 0) is 69.2 Å². The number of fused-ring (bicyclic) bond motifs is 2. The van der Waals surface area contributed by atoms with Crippen LogP contribution in [0.1, 0.15) is 108 Å².